The Balaban J connectivity index is 0.000000149. The van der Waals surface area contributed by atoms with Crippen molar-refractivity contribution in [2.45, 2.75) is 0 Å². The SMILES string of the molecule is [Au].[Pd+2].c1ccc([PH+](c2ccccc2)c2ccccc2)cc1.c1ccc([PH+](c2ccccc2)c2ccccc2)cc1.c1ccc([PH+](c2ccccc2)c2ccccc2)cc1.c1ccc([PH+](c2ccccc2)c2ccccc2)cc1. The fourth-order valence-corrected chi connectivity index (χ4v) is 19.6. The average Bonchev–Trinajstić information content (AvgIpc) is 3.51. The van der Waals surface area contributed by atoms with E-state index < -0.39 is 31.7 Å². The normalized spacial score (nSPS) is 10.3. The zero-order valence-corrected chi connectivity index (χ0v) is 51.0. The zero-order chi connectivity index (χ0) is 51.7. The Morgan fingerprint density at radius 3 is 0.244 bits per heavy atom. The van der Waals surface area contributed by atoms with Crippen LogP contribution < -0.4 is 63.7 Å². The summed E-state index contributed by atoms with van der Waals surface area (Å²) in [6.07, 6.45) is 0. The third-order valence-corrected chi connectivity index (χ3v) is 23.7. The minimum absolute atomic E-state index is 0. The molecule has 0 saturated carbocycles. The van der Waals surface area contributed by atoms with E-state index in [1.54, 1.807) is 0 Å². The van der Waals surface area contributed by atoms with Crippen LogP contribution in [0, 0.1) is 0 Å². The second kappa shape index (κ2) is 33.3. The predicted octanol–water partition coefficient (Wildman–Crippen LogP) is 12.7. The van der Waals surface area contributed by atoms with E-state index in [2.05, 4.69) is 364 Å². The Kier molecular flexibility index (Phi) is 25.3. The second-order valence-corrected chi connectivity index (χ2v) is 27.8. The van der Waals surface area contributed by atoms with Crippen LogP contribution in [0.25, 0.3) is 0 Å². The van der Waals surface area contributed by atoms with Gasteiger partial charge in [0.15, 0.2) is 0 Å². The molecule has 0 unspecified atom stereocenters. The van der Waals surface area contributed by atoms with Crippen LogP contribution in [0.5, 0.6) is 0 Å². The molecule has 0 aliphatic heterocycles. The number of hydrogen-bond acceptors (Lipinski definition) is 0. The van der Waals surface area contributed by atoms with E-state index in [4.69, 9.17) is 0 Å². The topological polar surface area (TPSA) is 0 Å². The van der Waals surface area contributed by atoms with Crippen LogP contribution in [0.1, 0.15) is 0 Å². The zero-order valence-electron chi connectivity index (χ0n) is 43.3. The van der Waals surface area contributed by atoms with E-state index in [0.29, 0.717) is 0 Å². The first-order valence-corrected chi connectivity index (χ1v) is 31.9. The van der Waals surface area contributed by atoms with Gasteiger partial charge in [0, 0.05) is 22.4 Å². The molecule has 0 fully saturated rings. The minimum Gasteiger partial charge on any atom is -0.0620 e. The Morgan fingerprint density at radius 2 is 0.179 bits per heavy atom. The van der Waals surface area contributed by atoms with Crippen LogP contribution in [-0.2, 0) is 42.8 Å². The molecule has 6 heteroatoms. The first kappa shape index (κ1) is 59.4. The fraction of sp³-hybridized carbons (Fsp3) is 0. The van der Waals surface area contributed by atoms with Crippen molar-refractivity contribution in [2.75, 3.05) is 0 Å². The molecule has 1 radical (unpaired) electrons. The van der Waals surface area contributed by atoms with Crippen LogP contribution in [-0.4, -0.2) is 0 Å². The first-order chi connectivity index (χ1) is 37.8. The summed E-state index contributed by atoms with van der Waals surface area (Å²) < 4.78 is 0. The molecular weight excluding hydrogens is 1290 g/mol. The molecule has 0 atom stereocenters. The molecule has 0 aliphatic carbocycles. The van der Waals surface area contributed by atoms with Crippen LogP contribution >= 0.6 is 31.7 Å². The third-order valence-electron chi connectivity index (χ3n) is 12.7. The van der Waals surface area contributed by atoms with E-state index in [-0.39, 0.29) is 42.8 Å². The standard InChI is InChI=1S/4C18H15P.Au.Pd/c4*1-4-10-16(11-5-1)19(17-12-6-2-7-13-17)18-14-8-3-9-15-18;;/h4*1-15H;;/q;;;;;+2/p+4. The summed E-state index contributed by atoms with van der Waals surface area (Å²) >= 11 is 0. The number of rotatable bonds is 12. The maximum Gasteiger partial charge on any atom is 2.00 e. The van der Waals surface area contributed by atoms with Crippen molar-refractivity contribution in [1.82, 2.24) is 0 Å². The van der Waals surface area contributed by atoms with Crippen molar-refractivity contribution in [3.8, 4) is 0 Å². The van der Waals surface area contributed by atoms with Gasteiger partial charge >= 0.3 is 20.4 Å². The summed E-state index contributed by atoms with van der Waals surface area (Å²) in [4.78, 5) is 0. The van der Waals surface area contributed by atoms with Gasteiger partial charge in [0.2, 0.25) is 0 Å². The average molecular weight is 1360 g/mol. The maximum absolute atomic E-state index is 2.24. The van der Waals surface area contributed by atoms with E-state index in [9.17, 15) is 0 Å². The summed E-state index contributed by atoms with van der Waals surface area (Å²) in [5.74, 6) is 0. The molecule has 0 nitrogen and oxygen atoms in total. The monoisotopic (exact) mass is 1360 g/mol. The molecule has 0 N–H and O–H groups in total. The Hall–Kier alpha value is -6.24. The van der Waals surface area contributed by atoms with Crippen molar-refractivity contribution in [3.05, 3.63) is 364 Å². The predicted molar refractivity (Wildman–Crippen MR) is 346 cm³/mol. The first-order valence-electron chi connectivity index (χ1n) is 25.9. The van der Waals surface area contributed by atoms with E-state index >= 15 is 0 Å². The minimum atomic E-state index is -0.877. The molecular formula is C72H64AuP4Pd+6. The fourth-order valence-electron chi connectivity index (χ4n) is 9.26. The molecule has 0 spiro atoms. The van der Waals surface area contributed by atoms with E-state index in [1.807, 2.05) is 0 Å². The smallest absolute Gasteiger partial charge is 0.0620 e. The van der Waals surface area contributed by atoms with Gasteiger partial charge in [-0.15, -0.1) is 0 Å². The molecule has 0 saturated heterocycles. The van der Waals surface area contributed by atoms with Gasteiger partial charge in [0.1, 0.15) is 63.7 Å². The molecule has 12 aromatic rings. The van der Waals surface area contributed by atoms with Gasteiger partial charge in [-0.1, -0.05) is 218 Å². The van der Waals surface area contributed by atoms with Crippen LogP contribution in [0.4, 0.5) is 0 Å². The van der Waals surface area contributed by atoms with Gasteiger partial charge in [0.25, 0.3) is 0 Å². The second-order valence-electron chi connectivity index (χ2n) is 17.9. The Labute approximate surface area is 497 Å². The molecule has 12 rings (SSSR count). The molecule has 0 bridgehead atoms. The molecule has 0 heterocycles. The van der Waals surface area contributed by atoms with Crippen LogP contribution in [0.15, 0.2) is 364 Å². The van der Waals surface area contributed by atoms with Crippen molar-refractivity contribution in [3.63, 3.8) is 0 Å². The van der Waals surface area contributed by atoms with Crippen molar-refractivity contribution in [2.24, 2.45) is 0 Å². The largest absolute Gasteiger partial charge is 2.00 e. The molecule has 78 heavy (non-hydrogen) atoms. The van der Waals surface area contributed by atoms with Gasteiger partial charge < -0.3 is 0 Å². The summed E-state index contributed by atoms with van der Waals surface area (Å²) in [5, 5.41) is 17.2. The number of hydrogen-bond donors (Lipinski definition) is 0. The van der Waals surface area contributed by atoms with Gasteiger partial charge in [0.05, 0.1) is 31.7 Å². The van der Waals surface area contributed by atoms with Crippen LogP contribution in [0.3, 0.4) is 0 Å². The van der Waals surface area contributed by atoms with Gasteiger partial charge in [-0.3, -0.25) is 0 Å². The summed E-state index contributed by atoms with van der Waals surface area (Å²) in [6.45, 7) is 0. The molecule has 12 aromatic carbocycles. The third kappa shape index (κ3) is 17.4. The Bertz CT molecular complexity index is 2580. The van der Waals surface area contributed by atoms with E-state index in [0.717, 1.165) is 0 Å². The molecule has 387 valence electrons. The van der Waals surface area contributed by atoms with Gasteiger partial charge in [-0.25, -0.2) is 0 Å². The molecule has 0 amide bonds. The maximum atomic E-state index is 2.24. The summed E-state index contributed by atoms with van der Waals surface area (Å²) in [7, 11) is -3.51. The van der Waals surface area contributed by atoms with Gasteiger partial charge in [-0.05, 0) is 146 Å². The summed E-state index contributed by atoms with van der Waals surface area (Å²) in [6, 6.07) is 130. The van der Waals surface area contributed by atoms with Crippen molar-refractivity contribution >= 4 is 95.3 Å². The molecule has 0 aromatic heterocycles. The van der Waals surface area contributed by atoms with Crippen molar-refractivity contribution in [1.29, 1.82) is 0 Å². The van der Waals surface area contributed by atoms with Gasteiger partial charge in [-0.2, -0.15) is 0 Å². The summed E-state index contributed by atoms with van der Waals surface area (Å²) in [5.41, 5.74) is 0. The number of benzene rings is 12. The Morgan fingerprint density at radius 1 is 0.115 bits per heavy atom. The molecule has 0 aliphatic rings. The van der Waals surface area contributed by atoms with Crippen molar-refractivity contribution < 1.29 is 42.8 Å². The quantitative estimate of drug-likeness (QED) is 0.0845. The van der Waals surface area contributed by atoms with E-state index in [1.165, 1.54) is 63.7 Å². The van der Waals surface area contributed by atoms with Crippen LogP contribution in [0.2, 0.25) is 0 Å².